The van der Waals surface area contributed by atoms with E-state index in [-0.39, 0.29) is 0 Å². The van der Waals surface area contributed by atoms with E-state index in [1.165, 1.54) is 0 Å². The van der Waals surface area contributed by atoms with Crippen LogP contribution in [-0.2, 0) is 12.8 Å². The highest BCUT2D eigenvalue weighted by atomic mass is 16.5. The Bertz CT molecular complexity index is 424. The molecule has 0 atom stereocenters. The summed E-state index contributed by atoms with van der Waals surface area (Å²) < 4.78 is 5.58. The van der Waals surface area contributed by atoms with Crippen LogP contribution in [0.2, 0.25) is 0 Å². The molecule has 0 aromatic carbocycles. The van der Waals surface area contributed by atoms with E-state index in [1.54, 1.807) is 0 Å². The van der Waals surface area contributed by atoms with Crippen LogP contribution >= 0.6 is 0 Å². The lowest BCUT2D eigenvalue weighted by Gasteiger charge is -2.11. The fraction of sp³-hybridized carbons (Fsp3) is 0.643. The van der Waals surface area contributed by atoms with Gasteiger partial charge in [-0.3, -0.25) is 0 Å². The van der Waals surface area contributed by atoms with Crippen LogP contribution in [0.3, 0.4) is 0 Å². The molecule has 0 fully saturated rings. The SMILES string of the molecule is CCCCCOc1nnc(CC)c(CC)c1C#N. The van der Waals surface area contributed by atoms with Gasteiger partial charge in [0.1, 0.15) is 11.6 Å². The Hall–Kier alpha value is -1.63. The van der Waals surface area contributed by atoms with Crippen LogP contribution in [0, 0.1) is 11.3 Å². The van der Waals surface area contributed by atoms with Crippen molar-refractivity contribution in [2.45, 2.75) is 52.9 Å². The van der Waals surface area contributed by atoms with Crippen LogP contribution in [-0.4, -0.2) is 16.8 Å². The van der Waals surface area contributed by atoms with Crippen molar-refractivity contribution in [2.75, 3.05) is 6.61 Å². The molecule has 1 aromatic heterocycles. The molecule has 4 heteroatoms. The molecule has 4 nitrogen and oxygen atoms in total. The first-order valence-electron chi connectivity index (χ1n) is 6.69. The Kier molecular flexibility index (Phi) is 6.13. The van der Waals surface area contributed by atoms with E-state index < -0.39 is 0 Å². The van der Waals surface area contributed by atoms with Gasteiger partial charge in [0.05, 0.1) is 12.3 Å². The summed E-state index contributed by atoms with van der Waals surface area (Å²) in [6, 6.07) is 2.20. The number of hydrogen-bond acceptors (Lipinski definition) is 4. The Morgan fingerprint density at radius 2 is 1.89 bits per heavy atom. The molecule has 0 spiro atoms. The summed E-state index contributed by atoms with van der Waals surface area (Å²) in [4.78, 5) is 0. The number of nitrogens with zero attached hydrogens (tertiary/aromatic N) is 3. The van der Waals surface area contributed by atoms with Crippen LogP contribution < -0.4 is 4.74 Å². The maximum absolute atomic E-state index is 9.26. The summed E-state index contributed by atoms with van der Waals surface area (Å²) in [6.45, 7) is 6.79. The second-order valence-corrected chi connectivity index (χ2v) is 4.18. The standard InChI is InChI=1S/C14H21N3O/c1-4-7-8-9-18-14-12(10-15)11(5-2)13(6-3)16-17-14/h4-9H2,1-3H3. The van der Waals surface area contributed by atoms with Gasteiger partial charge in [0, 0.05) is 0 Å². The normalized spacial score (nSPS) is 10.1. The second-order valence-electron chi connectivity index (χ2n) is 4.18. The zero-order valence-corrected chi connectivity index (χ0v) is 11.5. The van der Waals surface area contributed by atoms with Crippen LogP contribution in [0.25, 0.3) is 0 Å². The number of rotatable bonds is 7. The van der Waals surface area contributed by atoms with E-state index in [2.05, 4.69) is 23.2 Å². The monoisotopic (exact) mass is 247 g/mol. The Labute approximate surface area is 109 Å². The highest BCUT2D eigenvalue weighted by molar-refractivity contribution is 5.46. The Balaban J connectivity index is 2.89. The minimum atomic E-state index is 0.391. The first-order valence-corrected chi connectivity index (χ1v) is 6.69. The number of aromatic nitrogens is 2. The highest BCUT2D eigenvalue weighted by Gasteiger charge is 2.15. The summed E-state index contributed by atoms with van der Waals surface area (Å²) >= 11 is 0. The maximum Gasteiger partial charge on any atom is 0.251 e. The number of aryl methyl sites for hydroxylation is 1. The van der Waals surface area contributed by atoms with Crippen molar-refractivity contribution in [3.8, 4) is 11.9 Å². The molecule has 1 rings (SSSR count). The molecule has 98 valence electrons. The van der Waals surface area contributed by atoms with Crippen molar-refractivity contribution in [1.82, 2.24) is 10.2 Å². The lowest BCUT2D eigenvalue weighted by atomic mass is 10.0. The molecule has 18 heavy (non-hydrogen) atoms. The van der Waals surface area contributed by atoms with Crippen molar-refractivity contribution in [3.05, 3.63) is 16.8 Å². The number of unbranched alkanes of at least 4 members (excludes halogenated alkanes) is 2. The van der Waals surface area contributed by atoms with E-state index in [9.17, 15) is 5.26 Å². The minimum Gasteiger partial charge on any atom is -0.476 e. The zero-order valence-electron chi connectivity index (χ0n) is 11.5. The predicted molar refractivity (Wildman–Crippen MR) is 70.5 cm³/mol. The smallest absolute Gasteiger partial charge is 0.251 e. The number of ether oxygens (including phenoxy) is 1. The van der Waals surface area contributed by atoms with Crippen LogP contribution in [0.15, 0.2) is 0 Å². The number of nitriles is 1. The van der Waals surface area contributed by atoms with E-state index in [1.807, 2.05) is 13.8 Å². The molecule has 0 amide bonds. The van der Waals surface area contributed by atoms with Gasteiger partial charge in [-0.05, 0) is 24.8 Å². The van der Waals surface area contributed by atoms with Crippen molar-refractivity contribution in [1.29, 1.82) is 5.26 Å². The lowest BCUT2D eigenvalue weighted by Crippen LogP contribution is -2.08. The fourth-order valence-electron chi connectivity index (χ4n) is 1.89. The van der Waals surface area contributed by atoms with Gasteiger partial charge in [0.15, 0.2) is 0 Å². The first-order chi connectivity index (χ1) is 8.78. The zero-order chi connectivity index (χ0) is 13.4. The van der Waals surface area contributed by atoms with Gasteiger partial charge in [0.2, 0.25) is 0 Å². The summed E-state index contributed by atoms with van der Waals surface area (Å²) in [7, 11) is 0. The Morgan fingerprint density at radius 3 is 2.44 bits per heavy atom. The van der Waals surface area contributed by atoms with Gasteiger partial charge in [0.25, 0.3) is 5.88 Å². The molecule has 0 aliphatic carbocycles. The van der Waals surface area contributed by atoms with Gasteiger partial charge in [-0.25, -0.2) is 0 Å². The molecular formula is C14H21N3O. The maximum atomic E-state index is 9.26. The summed E-state index contributed by atoms with van der Waals surface area (Å²) in [5.74, 6) is 0.391. The van der Waals surface area contributed by atoms with Crippen LogP contribution in [0.1, 0.15) is 56.9 Å². The molecule has 0 aliphatic heterocycles. The van der Waals surface area contributed by atoms with Crippen LogP contribution in [0.5, 0.6) is 5.88 Å². The van der Waals surface area contributed by atoms with Crippen molar-refractivity contribution in [2.24, 2.45) is 0 Å². The second kappa shape index (κ2) is 7.65. The van der Waals surface area contributed by atoms with Crippen molar-refractivity contribution >= 4 is 0 Å². The van der Waals surface area contributed by atoms with E-state index in [0.29, 0.717) is 18.1 Å². The topological polar surface area (TPSA) is 58.8 Å². The van der Waals surface area contributed by atoms with Gasteiger partial charge in [-0.15, -0.1) is 5.10 Å². The molecule has 1 aromatic rings. The van der Waals surface area contributed by atoms with E-state index in [0.717, 1.165) is 43.4 Å². The molecule has 0 N–H and O–H groups in total. The summed E-state index contributed by atoms with van der Waals surface area (Å²) in [5.41, 5.74) is 2.43. The van der Waals surface area contributed by atoms with Crippen LogP contribution in [0.4, 0.5) is 0 Å². The van der Waals surface area contributed by atoms with E-state index in [4.69, 9.17) is 4.74 Å². The average molecular weight is 247 g/mol. The largest absolute Gasteiger partial charge is 0.476 e. The fourth-order valence-corrected chi connectivity index (χ4v) is 1.89. The third-order valence-electron chi connectivity index (χ3n) is 2.91. The van der Waals surface area contributed by atoms with E-state index >= 15 is 0 Å². The van der Waals surface area contributed by atoms with Crippen molar-refractivity contribution < 1.29 is 4.74 Å². The predicted octanol–water partition coefficient (Wildman–Crippen LogP) is 3.04. The average Bonchev–Trinajstić information content (AvgIpc) is 2.42. The molecule has 1 heterocycles. The molecule has 0 saturated carbocycles. The highest BCUT2D eigenvalue weighted by Crippen LogP contribution is 2.21. The molecule has 0 unspecified atom stereocenters. The molecule has 0 bridgehead atoms. The molecular weight excluding hydrogens is 226 g/mol. The quantitative estimate of drug-likeness (QED) is 0.695. The summed E-state index contributed by atoms with van der Waals surface area (Å²) in [6.07, 6.45) is 4.84. The summed E-state index contributed by atoms with van der Waals surface area (Å²) in [5, 5.41) is 17.4. The lowest BCUT2D eigenvalue weighted by molar-refractivity contribution is 0.289. The molecule has 0 radical (unpaired) electrons. The molecule has 0 aliphatic rings. The van der Waals surface area contributed by atoms with Gasteiger partial charge in [-0.2, -0.15) is 10.4 Å². The van der Waals surface area contributed by atoms with Gasteiger partial charge in [-0.1, -0.05) is 33.6 Å². The van der Waals surface area contributed by atoms with Gasteiger partial charge >= 0.3 is 0 Å². The first kappa shape index (κ1) is 14.4. The third kappa shape index (κ3) is 3.43. The Morgan fingerprint density at radius 1 is 1.11 bits per heavy atom. The van der Waals surface area contributed by atoms with Gasteiger partial charge < -0.3 is 4.74 Å². The molecule has 0 saturated heterocycles. The third-order valence-corrected chi connectivity index (χ3v) is 2.91. The van der Waals surface area contributed by atoms with Crippen molar-refractivity contribution in [3.63, 3.8) is 0 Å². The number of hydrogen-bond donors (Lipinski definition) is 0. The minimum absolute atomic E-state index is 0.391.